The number of benzene rings is 2. The Morgan fingerprint density at radius 1 is 1.24 bits per heavy atom. The van der Waals surface area contributed by atoms with Gasteiger partial charge in [-0.05, 0) is 17.7 Å². The minimum absolute atomic E-state index is 0.0361. The van der Waals surface area contributed by atoms with Crippen LogP contribution in [0.5, 0.6) is 0 Å². The quantitative estimate of drug-likeness (QED) is 0.343. The Hall–Kier alpha value is -4.42. The van der Waals surface area contributed by atoms with Crippen LogP contribution in [0.25, 0.3) is 11.5 Å². The molecule has 2 aliphatic rings. The molecule has 11 nitrogen and oxygen atoms in total. The van der Waals surface area contributed by atoms with Gasteiger partial charge < -0.3 is 29.8 Å². The molecule has 3 N–H and O–H groups in total. The first-order valence-corrected chi connectivity index (χ1v) is 11.5. The van der Waals surface area contributed by atoms with Gasteiger partial charge in [-0.15, -0.1) is 10.2 Å². The minimum Gasteiger partial charge on any atom is -0.423 e. The zero-order valence-corrected chi connectivity index (χ0v) is 19.3. The first kappa shape index (κ1) is 20.7. The number of carbonyl (C=O) groups is 1. The molecule has 4 aromatic rings. The molecule has 1 amide bonds. The number of nitrogens with zero attached hydrogens (tertiary/aromatic N) is 5. The molecule has 2 aromatic heterocycles. The molecular weight excluding hydrogens is 481 g/mol. The average Bonchev–Trinajstić information content (AvgIpc) is 3.56. The zero-order valence-electron chi connectivity index (χ0n) is 21.3. The number of ether oxygens (including phenoxy) is 1. The van der Waals surface area contributed by atoms with Gasteiger partial charge in [-0.2, -0.15) is 4.98 Å². The lowest BCUT2D eigenvalue weighted by atomic mass is 10.0. The molecule has 6 rings (SSSR count). The van der Waals surface area contributed by atoms with E-state index in [4.69, 9.17) is 11.9 Å². The molecular formula is C25H22FN7O4. The van der Waals surface area contributed by atoms with Crippen molar-refractivity contribution in [1.82, 2.24) is 25.1 Å². The van der Waals surface area contributed by atoms with E-state index in [-0.39, 0.29) is 47.0 Å². The van der Waals surface area contributed by atoms with E-state index in [9.17, 15) is 9.90 Å². The lowest BCUT2D eigenvalue weighted by molar-refractivity contribution is 0.00376. The number of hydrogen-bond acceptors (Lipinski definition) is 10. The molecule has 1 unspecified atom stereocenters. The molecule has 0 aliphatic carbocycles. The molecule has 0 radical (unpaired) electrons. The third kappa shape index (κ3) is 4.15. The number of hydrogen-bond donors (Lipinski definition) is 3. The fraction of sp³-hybridized carbons (Fsp3) is 0.240. The Balaban J connectivity index is 1.37. The van der Waals surface area contributed by atoms with Crippen molar-refractivity contribution >= 4 is 23.4 Å². The molecule has 2 atom stereocenters. The second-order valence-corrected chi connectivity index (χ2v) is 8.42. The molecule has 0 bridgehead atoms. The Morgan fingerprint density at radius 3 is 2.89 bits per heavy atom. The molecule has 12 heteroatoms. The molecule has 37 heavy (non-hydrogen) atoms. The fourth-order valence-electron chi connectivity index (χ4n) is 4.53. The SMILES string of the molecule is [2H]C([2H])(O)[C@@H](Nc1nc(Nc2ccc3c(c2F)C2COCCN2C3=O)ncc1-c1nnco1)c1ccccc1. The van der Waals surface area contributed by atoms with E-state index >= 15 is 4.39 Å². The van der Waals surface area contributed by atoms with Crippen molar-refractivity contribution in [3.8, 4) is 11.5 Å². The highest BCUT2D eigenvalue weighted by atomic mass is 19.1. The summed E-state index contributed by atoms with van der Waals surface area (Å²) >= 11 is 0. The molecule has 1 fully saturated rings. The standard InChI is InChI=1S/C25H22FN7O4/c26-21-17(7-6-15-20(21)19-12-36-9-8-33(19)24(15)35)30-25-27-10-16(23-32-28-13-37-23)22(31-25)29-18(11-34)14-4-2-1-3-5-14/h1-7,10,13,18-19,34H,8-9,11-12H2,(H2,27,29,30,31)/t18-,19?/m1/s1/i11D2. The largest absolute Gasteiger partial charge is 0.423 e. The van der Waals surface area contributed by atoms with Gasteiger partial charge in [0.15, 0.2) is 5.82 Å². The van der Waals surface area contributed by atoms with Gasteiger partial charge in [-0.25, -0.2) is 9.37 Å². The number of fused-ring (bicyclic) bond motifs is 3. The Kier molecular flexibility index (Phi) is 5.36. The van der Waals surface area contributed by atoms with Crippen LogP contribution in [0.4, 0.5) is 21.8 Å². The monoisotopic (exact) mass is 505 g/mol. The summed E-state index contributed by atoms with van der Waals surface area (Å²) in [5, 5.41) is 23.6. The van der Waals surface area contributed by atoms with Gasteiger partial charge in [0.25, 0.3) is 11.8 Å². The average molecular weight is 506 g/mol. The van der Waals surface area contributed by atoms with Crippen molar-refractivity contribution < 1.29 is 26.2 Å². The van der Waals surface area contributed by atoms with E-state index in [0.29, 0.717) is 24.3 Å². The summed E-state index contributed by atoms with van der Waals surface area (Å²) in [4.78, 5) is 23.0. The highest BCUT2D eigenvalue weighted by Crippen LogP contribution is 2.40. The van der Waals surface area contributed by atoms with Crippen molar-refractivity contribution in [3.63, 3.8) is 0 Å². The number of rotatable bonds is 7. The summed E-state index contributed by atoms with van der Waals surface area (Å²) in [6.07, 6.45) is 2.47. The van der Waals surface area contributed by atoms with Gasteiger partial charge in [0.1, 0.15) is 5.82 Å². The topological polar surface area (TPSA) is 139 Å². The van der Waals surface area contributed by atoms with Crippen molar-refractivity contribution in [2.75, 3.05) is 37.0 Å². The predicted octanol–water partition coefficient (Wildman–Crippen LogP) is 3.08. The van der Waals surface area contributed by atoms with Crippen molar-refractivity contribution in [3.05, 3.63) is 77.6 Å². The van der Waals surface area contributed by atoms with E-state index in [2.05, 4.69) is 30.8 Å². The van der Waals surface area contributed by atoms with Gasteiger partial charge in [-0.1, -0.05) is 30.3 Å². The van der Waals surface area contributed by atoms with Crippen LogP contribution < -0.4 is 10.6 Å². The van der Waals surface area contributed by atoms with E-state index in [1.165, 1.54) is 12.3 Å². The van der Waals surface area contributed by atoms with Crippen LogP contribution in [0.15, 0.2) is 59.5 Å². The summed E-state index contributed by atoms with van der Waals surface area (Å²) in [7, 11) is 0. The van der Waals surface area contributed by atoms with Crippen molar-refractivity contribution in [2.24, 2.45) is 0 Å². The molecule has 0 spiro atoms. The third-order valence-corrected chi connectivity index (χ3v) is 6.30. The Labute approximate surface area is 213 Å². The summed E-state index contributed by atoms with van der Waals surface area (Å²) in [6, 6.07) is 9.72. The Bertz CT molecular complexity index is 1520. The summed E-state index contributed by atoms with van der Waals surface area (Å²) in [6.45, 7) is -1.71. The normalized spacial score (nSPS) is 18.5. The molecule has 2 aliphatic heterocycles. The van der Waals surface area contributed by atoms with Crippen LogP contribution in [-0.2, 0) is 4.74 Å². The minimum atomic E-state index is -2.70. The molecule has 0 saturated carbocycles. The maximum absolute atomic E-state index is 15.7. The molecule has 4 heterocycles. The van der Waals surface area contributed by atoms with Crippen LogP contribution in [-0.4, -0.2) is 62.4 Å². The second kappa shape index (κ2) is 9.56. The highest BCUT2D eigenvalue weighted by Gasteiger charge is 2.41. The van der Waals surface area contributed by atoms with E-state index in [1.807, 2.05) is 0 Å². The maximum atomic E-state index is 15.7. The van der Waals surface area contributed by atoms with Gasteiger partial charge >= 0.3 is 0 Å². The van der Waals surface area contributed by atoms with Crippen LogP contribution >= 0.6 is 0 Å². The predicted molar refractivity (Wildman–Crippen MR) is 129 cm³/mol. The van der Waals surface area contributed by atoms with Crippen LogP contribution in [0.3, 0.4) is 0 Å². The number of nitrogens with one attached hydrogen (secondary N) is 2. The number of carbonyl (C=O) groups excluding carboxylic acids is 1. The number of aliphatic hydroxyl groups is 1. The summed E-state index contributed by atoms with van der Waals surface area (Å²) in [5.41, 5.74) is 1.27. The first-order valence-electron chi connectivity index (χ1n) is 12.5. The van der Waals surface area contributed by atoms with Crippen molar-refractivity contribution in [1.29, 1.82) is 0 Å². The third-order valence-electron chi connectivity index (χ3n) is 6.30. The van der Waals surface area contributed by atoms with E-state index in [0.717, 1.165) is 6.39 Å². The van der Waals surface area contributed by atoms with Crippen LogP contribution in [0.2, 0.25) is 0 Å². The molecule has 2 aromatic carbocycles. The first-order chi connectivity index (χ1) is 18.8. The zero-order chi connectivity index (χ0) is 27.1. The summed E-state index contributed by atoms with van der Waals surface area (Å²) in [5.74, 6) is -0.792. The number of anilines is 3. The van der Waals surface area contributed by atoms with Crippen molar-refractivity contribution in [2.45, 2.75) is 12.1 Å². The molecule has 188 valence electrons. The van der Waals surface area contributed by atoms with E-state index < -0.39 is 24.5 Å². The van der Waals surface area contributed by atoms with Gasteiger partial charge in [0, 0.05) is 23.9 Å². The Morgan fingerprint density at radius 2 is 2.11 bits per heavy atom. The number of aromatic nitrogens is 4. The van der Waals surface area contributed by atoms with Gasteiger partial charge in [0.2, 0.25) is 12.3 Å². The number of morpholine rings is 1. The number of amides is 1. The fourth-order valence-corrected chi connectivity index (χ4v) is 4.53. The smallest absolute Gasteiger partial charge is 0.255 e. The number of halogens is 1. The van der Waals surface area contributed by atoms with E-state index in [1.54, 1.807) is 41.3 Å². The maximum Gasteiger partial charge on any atom is 0.255 e. The lowest BCUT2D eigenvalue weighted by Crippen LogP contribution is -2.38. The van der Waals surface area contributed by atoms with Gasteiger partial charge in [0.05, 0.1) is 45.8 Å². The van der Waals surface area contributed by atoms with Gasteiger partial charge in [-0.3, -0.25) is 4.79 Å². The van der Waals surface area contributed by atoms with Crippen LogP contribution in [0, 0.1) is 5.82 Å². The molecule has 1 saturated heterocycles. The second-order valence-electron chi connectivity index (χ2n) is 8.42. The van der Waals surface area contributed by atoms with Crippen LogP contribution in [0.1, 0.15) is 36.3 Å². The summed E-state index contributed by atoms with van der Waals surface area (Å²) < 4.78 is 42.5. The lowest BCUT2D eigenvalue weighted by Gasteiger charge is -2.30. The highest BCUT2D eigenvalue weighted by molar-refractivity contribution is 6.00.